The van der Waals surface area contributed by atoms with E-state index in [4.69, 9.17) is 10.5 Å². The number of hydrogen-bond donors (Lipinski definition) is 5. The predicted molar refractivity (Wildman–Crippen MR) is 139 cm³/mol. The number of benzene rings is 2. The molecular formula is C29H29FN2O7. The summed E-state index contributed by atoms with van der Waals surface area (Å²) in [7, 11) is 1.53. The standard InChI is InChI=1S/C29H29FN2O7/c1-39-21-5-2-13(12-32-7-6-30)8-17(21)16-3-4-19(33)24-18(16)10-14-9-15-11-20(34)25(29(31)38)28(37)23(15)26(35)22(14)27(24)36/h2-5,8,14-15,23,32-35H,6-7,9-12H2,1H3,(H2,31,38). The van der Waals surface area contributed by atoms with E-state index in [1.807, 2.05) is 12.1 Å². The molecule has 5 rings (SSSR count). The largest absolute Gasteiger partial charge is 0.511 e. The zero-order valence-electron chi connectivity index (χ0n) is 21.3. The molecule has 0 saturated carbocycles. The molecule has 3 aliphatic rings. The van der Waals surface area contributed by atoms with Crippen molar-refractivity contribution < 1.29 is 38.8 Å². The van der Waals surface area contributed by atoms with E-state index in [-0.39, 0.29) is 36.3 Å². The highest BCUT2D eigenvalue weighted by Gasteiger charge is 2.50. The zero-order valence-corrected chi connectivity index (χ0v) is 21.3. The van der Waals surface area contributed by atoms with Crippen LogP contribution in [0.2, 0.25) is 0 Å². The number of amides is 1. The number of halogens is 1. The molecule has 204 valence electrons. The third-order valence-corrected chi connectivity index (χ3v) is 7.92. The summed E-state index contributed by atoms with van der Waals surface area (Å²) in [5.41, 5.74) is 7.60. The van der Waals surface area contributed by atoms with E-state index in [0.29, 0.717) is 35.4 Å². The second-order valence-corrected chi connectivity index (χ2v) is 10.1. The van der Waals surface area contributed by atoms with Crippen molar-refractivity contribution >= 4 is 17.5 Å². The number of Topliss-reactive ketones (excluding diaryl/α,β-unsaturated/α-hetero) is 2. The average Bonchev–Trinajstić information content (AvgIpc) is 2.88. The van der Waals surface area contributed by atoms with E-state index in [1.165, 1.54) is 13.2 Å². The molecule has 10 heteroatoms. The maximum Gasteiger partial charge on any atom is 0.255 e. The molecule has 0 aliphatic heterocycles. The van der Waals surface area contributed by atoms with Crippen molar-refractivity contribution in [2.24, 2.45) is 23.5 Å². The number of ether oxygens (including phenoxy) is 1. The molecule has 3 aliphatic carbocycles. The van der Waals surface area contributed by atoms with Crippen LogP contribution in [0.3, 0.4) is 0 Å². The van der Waals surface area contributed by atoms with Crippen LogP contribution >= 0.6 is 0 Å². The number of hydrogen-bond acceptors (Lipinski definition) is 8. The highest BCUT2D eigenvalue weighted by atomic mass is 19.1. The van der Waals surface area contributed by atoms with Crippen molar-refractivity contribution in [3.63, 3.8) is 0 Å². The smallest absolute Gasteiger partial charge is 0.255 e. The van der Waals surface area contributed by atoms with Gasteiger partial charge in [0.1, 0.15) is 35.3 Å². The molecule has 3 atom stereocenters. The highest BCUT2D eigenvalue weighted by Crippen LogP contribution is 2.51. The minimum Gasteiger partial charge on any atom is -0.511 e. The quantitative estimate of drug-likeness (QED) is 0.267. The zero-order chi connectivity index (χ0) is 28.0. The van der Waals surface area contributed by atoms with E-state index < -0.39 is 59.0 Å². The lowest BCUT2D eigenvalue weighted by Crippen LogP contribution is -2.43. The maximum atomic E-state index is 13.8. The van der Waals surface area contributed by atoms with Crippen LogP contribution in [0.1, 0.15) is 34.3 Å². The lowest BCUT2D eigenvalue weighted by atomic mass is 9.62. The number of aromatic hydroxyl groups is 1. The van der Waals surface area contributed by atoms with Crippen molar-refractivity contribution in [2.75, 3.05) is 20.3 Å². The van der Waals surface area contributed by atoms with Gasteiger partial charge in [-0.2, -0.15) is 0 Å². The molecule has 0 radical (unpaired) electrons. The van der Waals surface area contributed by atoms with E-state index >= 15 is 0 Å². The molecule has 0 saturated heterocycles. The van der Waals surface area contributed by atoms with Crippen LogP contribution in [0.4, 0.5) is 4.39 Å². The Kier molecular flexibility index (Phi) is 6.90. The SMILES string of the molecule is COc1ccc(CNCCF)cc1-c1ccc(O)c2c1CC1CC3CC(O)=C(C(N)=O)C(=O)C3C(O)=C1C2=O. The average molecular weight is 537 g/mol. The van der Waals surface area contributed by atoms with Gasteiger partial charge < -0.3 is 31.1 Å². The van der Waals surface area contributed by atoms with Gasteiger partial charge in [0, 0.05) is 30.6 Å². The monoisotopic (exact) mass is 536 g/mol. The number of carbonyl (C=O) groups is 3. The summed E-state index contributed by atoms with van der Waals surface area (Å²) in [6.07, 6.45) is 0.553. The third-order valence-electron chi connectivity index (χ3n) is 7.92. The van der Waals surface area contributed by atoms with Crippen LogP contribution in [-0.4, -0.2) is 53.1 Å². The number of rotatable bonds is 7. The van der Waals surface area contributed by atoms with E-state index in [1.54, 1.807) is 12.1 Å². The molecule has 0 bridgehead atoms. The Morgan fingerprint density at radius 1 is 1.13 bits per heavy atom. The van der Waals surface area contributed by atoms with Crippen molar-refractivity contribution in [3.8, 4) is 22.6 Å². The van der Waals surface area contributed by atoms with Crippen molar-refractivity contribution in [2.45, 2.75) is 25.8 Å². The molecular weight excluding hydrogens is 507 g/mol. The summed E-state index contributed by atoms with van der Waals surface area (Å²) in [4.78, 5) is 38.6. The van der Waals surface area contributed by atoms with Gasteiger partial charge in [-0.3, -0.25) is 14.4 Å². The number of phenolic OH excluding ortho intramolecular Hbond substituents is 1. The van der Waals surface area contributed by atoms with Crippen molar-refractivity contribution in [1.82, 2.24) is 5.32 Å². The maximum absolute atomic E-state index is 13.8. The fraction of sp³-hybridized carbons (Fsp3) is 0.345. The Labute approximate surface area is 223 Å². The molecule has 0 heterocycles. The van der Waals surface area contributed by atoms with Gasteiger partial charge in [-0.1, -0.05) is 12.1 Å². The lowest BCUT2D eigenvalue weighted by molar-refractivity contribution is -0.126. The van der Waals surface area contributed by atoms with Crippen LogP contribution < -0.4 is 15.8 Å². The molecule has 2 aromatic carbocycles. The summed E-state index contributed by atoms with van der Waals surface area (Å²) >= 11 is 0. The molecule has 1 amide bonds. The molecule has 39 heavy (non-hydrogen) atoms. The van der Waals surface area contributed by atoms with Crippen LogP contribution in [0, 0.1) is 17.8 Å². The first-order valence-electron chi connectivity index (χ1n) is 12.7. The summed E-state index contributed by atoms with van der Waals surface area (Å²) in [5, 5.41) is 35.3. The van der Waals surface area contributed by atoms with Gasteiger partial charge in [-0.05, 0) is 59.6 Å². The Hall–Kier alpha value is -4.18. The van der Waals surface area contributed by atoms with Crippen LogP contribution in [0.5, 0.6) is 11.5 Å². The number of alkyl halides is 1. The Morgan fingerprint density at radius 3 is 2.59 bits per heavy atom. The van der Waals surface area contributed by atoms with Gasteiger partial charge in [0.05, 0.1) is 18.6 Å². The van der Waals surface area contributed by atoms with Gasteiger partial charge in [-0.25, -0.2) is 4.39 Å². The molecule has 6 N–H and O–H groups in total. The summed E-state index contributed by atoms with van der Waals surface area (Å²) in [5.74, 6) is -5.22. The number of nitrogens with one attached hydrogen (secondary N) is 1. The molecule has 0 fully saturated rings. The number of fused-ring (bicyclic) bond motifs is 3. The number of phenols is 1. The summed E-state index contributed by atoms with van der Waals surface area (Å²) in [6, 6.07) is 8.63. The molecule has 2 aromatic rings. The molecule has 0 aromatic heterocycles. The number of allylic oxidation sites excluding steroid dienone is 3. The van der Waals surface area contributed by atoms with Crippen molar-refractivity contribution in [3.05, 3.63) is 69.7 Å². The van der Waals surface area contributed by atoms with E-state index in [2.05, 4.69) is 5.32 Å². The first kappa shape index (κ1) is 26.4. The van der Waals surface area contributed by atoms with Gasteiger partial charge >= 0.3 is 0 Å². The Bertz CT molecular complexity index is 1460. The third kappa shape index (κ3) is 4.34. The van der Waals surface area contributed by atoms with Gasteiger partial charge in [0.2, 0.25) is 0 Å². The number of methoxy groups -OCH3 is 1. The summed E-state index contributed by atoms with van der Waals surface area (Å²) in [6.45, 7) is 0.136. The second kappa shape index (κ2) is 10.2. The highest BCUT2D eigenvalue weighted by molar-refractivity contribution is 6.22. The number of aliphatic hydroxyl groups excluding tert-OH is 2. The van der Waals surface area contributed by atoms with Crippen LogP contribution in [0.25, 0.3) is 11.1 Å². The predicted octanol–water partition coefficient (Wildman–Crippen LogP) is 3.20. The second-order valence-electron chi connectivity index (χ2n) is 10.1. The first-order chi connectivity index (χ1) is 18.7. The fourth-order valence-corrected chi connectivity index (χ4v) is 6.27. The van der Waals surface area contributed by atoms with E-state index in [9.17, 15) is 34.1 Å². The molecule has 0 spiro atoms. The number of primary amides is 1. The van der Waals surface area contributed by atoms with Crippen molar-refractivity contribution in [1.29, 1.82) is 0 Å². The normalized spacial score (nSPS) is 22.4. The van der Waals surface area contributed by atoms with E-state index in [0.717, 1.165) is 5.56 Å². The molecule has 9 nitrogen and oxygen atoms in total. The number of ketones is 2. The lowest BCUT2D eigenvalue weighted by Gasteiger charge is -2.41. The molecule has 3 unspecified atom stereocenters. The van der Waals surface area contributed by atoms with Crippen LogP contribution in [0.15, 0.2) is 53.0 Å². The van der Waals surface area contributed by atoms with Gasteiger partial charge in [0.25, 0.3) is 5.91 Å². The fourth-order valence-electron chi connectivity index (χ4n) is 6.27. The Balaban J connectivity index is 1.61. The van der Waals surface area contributed by atoms with Crippen LogP contribution in [-0.2, 0) is 22.6 Å². The van der Waals surface area contributed by atoms with Gasteiger partial charge in [-0.15, -0.1) is 0 Å². The number of nitrogens with two attached hydrogens (primary N) is 1. The minimum atomic E-state index is -1.17. The number of carbonyl (C=O) groups excluding carboxylic acids is 3. The summed E-state index contributed by atoms with van der Waals surface area (Å²) < 4.78 is 18.2. The van der Waals surface area contributed by atoms with Gasteiger partial charge in [0.15, 0.2) is 11.6 Å². The Morgan fingerprint density at radius 2 is 1.90 bits per heavy atom. The topological polar surface area (TPSA) is 159 Å². The first-order valence-corrected chi connectivity index (χ1v) is 12.7. The number of aliphatic hydroxyl groups is 2. The minimum absolute atomic E-state index is 0.0296.